The van der Waals surface area contributed by atoms with E-state index in [-0.39, 0.29) is 10.8 Å². The first-order valence-corrected chi connectivity index (χ1v) is 10.8. The summed E-state index contributed by atoms with van der Waals surface area (Å²) in [5, 5.41) is 2.99. The first-order chi connectivity index (χ1) is 12.0. The minimum absolute atomic E-state index is 0.177. The molecular weight excluding hydrogens is 336 g/mol. The molecule has 3 rings (SSSR count). The van der Waals surface area contributed by atoms with Crippen LogP contribution in [0.25, 0.3) is 0 Å². The van der Waals surface area contributed by atoms with Crippen LogP contribution in [-0.4, -0.2) is 38.3 Å². The monoisotopic (exact) mass is 364 g/mol. The van der Waals surface area contributed by atoms with Crippen LogP contribution in [0, 0.1) is 12.8 Å². The Bertz CT molecular complexity index is 718. The van der Waals surface area contributed by atoms with Crippen molar-refractivity contribution in [3.05, 3.63) is 29.3 Å². The predicted octanol–water partition coefficient (Wildman–Crippen LogP) is 3.09. The third-order valence-electron chi connectivity index (χ3n) is 5.41. The van der Waals surface area contributed by atoms with Gasteiger partial charge in [0.25, 0.3) is 5.91 Å². The Morgan fingerprint density at radius 1 is 1.12 bits per heavy atom. The van der Waals surface area contributed by atoms with Crippen LogP contribution >= 0.6 is 0 Å². The predicted molar refractivity (Wildman–Crippen MR) is 98.1 cm³/mol. The molecule has 0 atom stereocenters. The third kappa shape index (κ3) is 4.23. The Hall–Kier alpha value is -1.40. The average Bonchev–Trinajstić information content (AvgIpc) is 3.16. The topological polar surface area (TPSA) is 66.5 Å². The highest BCUT2D eigenvalue weighted by molar-refractivity contribution is 7.89. The molecule has 138 valence electrons. The summed E-state index contributed by atoms with van der Waals surface area (Å²) in [4.78, 5) is 12.7. The molecule has 1 amide bonds. The molecule has 1 saturated heterocycles. The molecule has 0 radical (unpaired) electrons. The van der Waals surface area contributed by atoms with Crippen molar-refractivity contribution in [3.63, 3.8) is 0 Å². The van der Waals surface area contributed by atoms with Crippen molar-refractivity contribution in [1.29, 1.82) is 0 Å². The van der Waals surface area contributed by atoms with Crippen LogP contribution in [0.5, 0.6) is 0 Å². The summed E-state index contributed by atoms with van der Waals surface area (Å²) >= 11 is 0. The number of nitrogens with zero attached hydrogens (tertiary/aromatic N) is 1. The minimum atomic E-state index is -3.51. The second kappa shape index (κ2) is 7.87. The molecule has 0 aromatic heterocycles. The molecule has 1 heterocycles. The fraction of sp³-hybridized carbons (Fsp3) is 0.632. The van der Waals surface area contributed by atoms with Gasteiger partial charge in [0.05, 0.1) is 4.90 Å². The van der Waals surface area contributed by atoms with E-state index in [0.29, 0.717) is 36.7 Å². The number of amides is 1. The van der Waals surface area contributed by atoms with E-state index < -0.39 is 10.0 Å². The zero-order chi connectivity index (χ0) is 17.9. The van der Waals surface area contributed by atoms with Crippen LogP contribution in [0.1, 0.15) is 60.9 Å². The highest BCUT2D eigenvalue weighted by Gasteiger charge is 2.29. The van der Waals surface area contributed by atoms with E-state index in [9.17, 15) is 13.2 Å². The van der Waals surface area contributed by atoms with Crippen LogP contribution in [0.4, 0.5) is 0 Å². The summed E-state index contributed by atoms with van der Waals surface area (Å²) in [5.74, 6) is 0.374. The van der Waals surface area contributed by atoms with Crippen LogP contribution < -0.4 is 5.32 Å². The van der Waals surface area contributed by atoms with E-state index in [4.69, 9.17) is 0 Å². The summed E-state index contributed by atoms with van der Waals surface area (Å²) in [7, 11) is -3.51. The Balaban J connectivity index is 1.73. The average molecular weight is 365 g/mol. The van der Waals surface area contributed by atoms with Crippen LogP contribution in [0.15, 0.2) is 23.1 Å². The maximum atomic E-state index is 12.8. The summed E-state index contributed by atoms with van der Waals surface area (Å²) in [6.07, 6.45) is 7.91. The Morgan fingerprint density at radius 3 is 2.48 bits per heavy atom. The molecule has 1 N–H and O–H groups in total. The van der Waals surface area contributed by atoms with Crippen molar-refractivity contribution in [3.8, 4) is 0 Å². The number of rotatable bonds is 5. The molecule has 1 aromatic carbocycles. The number of sulfonamides is 1. The van der Waals surface area contributed by atoms with Crippen LogP contribution in [-0.2, 0) is 10.0 Å². The first-order valence-electron chi connectivity index (χ1n) is 9.37. The molecular formula is C19H28N2O3S. The number of hydrogen-bond acceptors (Lipinski definition) is 3. The number of nitrogens with one attached hydrogen (secondary N) is 1. The normalized spacial score (nSPS) is 19.9. The lowest BCUT2D eigenvalue weighted by Gasteiger charge is -2.22. The maximum absolute atomic E-state index is 12.8. The van der Waals surface area contributed by atoms with Gasteiger partial charge in [-0.1, -0.05) is 25.3 Å². The molecule has 1 aromatic rings. The third-order valence-corrected chi connectivity index (χ3v) is 7.45. The van der Waals surface area contributed by atoms with Crippen LogP contribution in [0.3, 0.4) is 0 Å². The smallest absolute Gasteiger partial charge is 0.251 e. The van der Waals surface area contributed by atoms with E-state index in [1.54, 1.807) is 25.1 Å². The van der Waals surface area contributed by atoms with Gasteiger partial charge in [-0.25, -0.2) is 8.42 Å². The Morgan fingerprint density at radius 2 is 1.80 bits per heavy atom. The largest absolute Gasteiger partial charge is 0.352 e. The van der Waals surface area contributed by atoms with Gasteiger partial charge in [0.2, 0.25) is 10.0 Å². The molecule has 0 spiro atoms. The van der Waals surface area contributed by atoms with Crippen molar-refractivity contribution in [2.24, 2.45) is 5.92 Å². The van der Waals surface area contributed by atoms with Gasteiger partial charge < -0.3 is 5.32 Å². The molecule has 2 aliphatic rings. The van der Waals surface area contributed by atoms with Gasteiger partial charge in [0, 0.05) is 25.2 Å². The lowest BCUT2D eigenvalue weighted by molar-refractivity contribution is 0.0943. The summed E-state index contributed by atoms with van der Waals surface area (Å²) in [5.41, 5.74) is 1.12. The summed E-state index contributed by atoms with van der Waals surface area (Å²) < 4.78 is 27.2. The van der Waals surface area contributed by atoms with E-state index >= 15 is 0 Å². The molecule has 1 aliphatic heterocycles. The van der Waals surface area contributed by atoms with Gasteiger partial charge in [-0.05, 0) is 56.2 Å². The molecule has 5 nitrogen and oxygen atoms in total. The number of hydrogen-bond donors (Lipinski definition) is 1. The van der Waals surface area contributed by atoms with Crippen molar-refractivity contribution in [2.75, 3.05) is 19.6 Å². The van der Waals surface area contributed by atoms with Crippen molar-refractivity contribution in [1.82, 2.24) is 9.62 Å². The lowest BCUT2D eigenvalue weighted by Crippen LogP contribution is -2.31. The Labute approximate surface area is 150 Å². The van der Waals surface area contributed by atoms with Gasteiger partial charge in [-0.2, -0.15) is 4.31 Å². The van der Waals surface area contributed by atoms with Gasteiger partial charge in [-0.3, -0.25) is 4.79 Å². The number of aryl methyl sites for hydroxylation is 1. The van der Waals surface area contributed by atoms with E-state index in [1.807, 2.05) is 0 Å². The minimum Gasteiger partial charge on any atom is -0.352 e. The molecule has 0 unspecified atom stereocenters. The van der Waals surface area contributed by atoms with Crippen molar-refractivity contribution < 1.29 is 13.2 Å². The SMILES string of the molecule is Cc1ccc(C(=O)NCC2CCCCC2)cc1S(=O)(=O)N1CCCC1. The van der Waals surface area contributed by atoms with Gasteiger partial charge in [0.1, 0.15) is 0 Å². The molecule has 6 heteroatoms. The fourth-order valence-corrected chi connectivity index (χ4v) is 5.59. The van der Waals surface area contributed by atoms with E-state index in [1.165, 1.54) is 36.4 Å². The van der Waals surface area contributed by atoms with Gasteiger partial charge >= 0.3 is 0 Å². The first kappa shape index (κ1) is 18.4. The zero-order valence-electron chi connectivity index (χ0n) is 15.0. The second-order valence-corrected chi connectivity index (χ2v) is 9.21. The van der Waals surface area contributed by atoms with Gasteiger partial charge in [-0.15, -0.1) is 0 Å². The van der Waals surface area contributed by atoms with Crippen molar-refractivity contribution >= 4 is 15.9 Å². The summed E-state index contributed by atoms with van der Waals surface area (Å²) in [6, 6.07) is 4.99. The van der Waals surface area contributed by atoms with Crippen molar-refractivity contribution in [2.45, 2.75) is 56.8 Å². The molecule has 2 fully saturated rings. The second-order valence-electron chi connectivity index (χ2n) is 7.31. The highest BCUT2D eigenvalue weighted by atomic mass is 32.2. The summed E-state index contributed by atoms with van der Waals surface area (Å²) in [6.45, 7) is 3.60. The standard InChI is InChI=1S/C19H28N2O3S/c1-15-9-10-17(19(22)20-14-16-7-3-2-4-8-16)13-18(15)25(23,24)21-11-5-6-12-21/h9-10,13,16H,2-8,11-12,14H2,1H3,(H,20,22). The van der Waals surface area contributed by atoms with E-state index in [2.05, 4.69) is 5.32 Å². The highest BCUT2D eigenvalue weighted by Crippen LogP contribution is 2.25. The van der Waals surface area contributed by atoms with E-state index in [0.717, 1.165) is 12.8 Å². The number of carbonyl (C=O) groups excluding carboxylic acids is 1. The van der Waals surface area contributed by atoms with Crippen LogP contribution in [0.2, 0.25) is 0 Å². The Kier molecular flexibility index (Phi) is 5.79. The molecule has 25 heavy (non-hydrogen) atoms. The quantitative estimate of drug-likeness (QED) is 0.873. The zero-order valence-corrected chi connectivity index (χ0v) is 15.8. The number of carbonyl (C=O) groups is 1. The molecule has 1 aliphatic carbocycles. The molecule has 1 saturated carbocycles. The fourth-order valence-electron chi connectivity index (χ4n) is 3.82. The number of benzene rings is 1. The maximum Gasteiger partial charge on any atom is 0.251 e. The lowest BCUT2D eigenvalue weighted by atomic mass is 9.89. The molecule has 0 bridgehead atoms. The van der Waals surface area contributed by atoms with Gasteiger partial charge in [0.15, 0.2) is 0 Å².